The van der Waals surface area contributed by atoms with Crippen molar-refractivity contribution in [1.82, 2.24) is 0 Å². The lowest BCUT2D eigenvalue weighted by Crippen LogP contribution is -2.00. The molecule has 3 nitrogen and oxygen atoms in total. The SMILES string of the molecule is N=CSC(N)=O. The van der Waals surface area contributed by atoms with Crippen LogP contribution in [-0.2, 0) is 0 Å². The predicted molar refractivity (Wildman–Crippen MR) is 26.0 cm³/mol. The third-order valence-corrected chi connectivity index (χ3v) is 0.525. The molecule has 0 bridgehead atoms. The monoisotopic (exact) mass is 104 g/mol. The first-order chi connectivity index (χ1) is 2.77. The average Bonchev–Trinajstić information content (AvgIpc) is 1.35. The van der Waals surface area contributed by atoms with E-state index in [1.54, 1.807) is 0 Å². The minimum Gasteiger partial charge on any atom is -0.360 e. The van der Waals surface area contributed by atoms with E-state index in [9.17, 15) is 4.79 Å². The Bertz CT molecular complexity index is 71.9. The molecule has 0 aliphatic rings. The summed E-state index contributed by atoms with van der Waals surface area (Å²) in [4.78, 5) is 9.63. The second-order valence-corrected chi connectivity index (χ2v) is 1.43. The van der Waals surface area contributed by atoms with Gasteiger partial charge in [-0.1, -0.05) is 0 Å². The summed E-state index contributed by atoms with van der Waals surface area (Å²) in [6, 6.07) is 0. The normalized spacial score (nSPS) is 7.33. The molecule has 3 N–H and O–H groups in total. The lowest BCUT2D eigenvalue weighted by Gasteiger charge is -1.74. The number of primary amides is 1. The van der Waals surface area contributed by atoms with Gasteiger partial charge in [0.2, 0.25) is 0 Å². The van der Waals surface area contributed by atoms with Gasteiger partial charge in [0.25, 0.3) is 5.24 Å². The van der Waals surface area contributed by atoms with E-state index in [4.69, 9.17) is 5.41 Å². The van der Waals surface area contributed by atoms with Gasteiger partial charge < -0.3 is 11.1 Å². The summed E-state index contributed by atoms with van der Waals surface area (Å²) in [6.07, 6.45) is 0. The maximum absolute atomic E-state index is 9.63. The maximum atomic E-state index is 9.63. The standard InChI is InChI=1S/C2H4N2OS/c3-1-6-2(4)5/h1,3H,(H2,4,5). The molecule has 0 fully saturated rings. The van der Waals surface area contributed by atoms with Crippen LogP contribution in [0.3, 0.4) is 0 Å². The van der Waals surface area contributed by atoms with Gasteiger partial charge >= 0.3 is 0 Å². The molecule has 0 spiro atoms. The topological polar surface area (TPSA) is 66.9 Å². The van der Waals surface area contributed by atoms with Gasteiger partial charge in [-0.25, -0.2) is 0 Å². The van der Waals surface area contributed by atoms with Crippen LogP contribution in [-0.4, -0.2) is 10.8 Å². The van der Waals surface area contributed by atoms with E-state index in [1.165, 1.54) is 0 Å². The largest absolute Gasteiger partial charge is 0.360 e. The van der Waals surface area contributed by atoms with Crippen LogP contribution in [0.5, 0.6) is 0 Å². The van der Waals surface area contributed by atoms with Crippen LogP contribution in [0.1, 0.15) is 0 Å². The summed E-state index contributed by atoms with van der Waals surface area (Å²) in [5.41, 5.74) is 5.47. The molecule has 0 radical (unpaired) electrons. The molecule has 0 aliphatic carbocycles. The number of nitrogens with one attached hydrogen (secondary N) is 1. The molecule has 0 saturated carbocycles. The average molecular weight is 104 g/mol. The minimum atomic E-state index is -0.537. The van der Waals surface area contributed by atoms with Crippen molar-refractivity contribution in [3.8, 4) is 0 Å². The molecule has 1 amide bonds. The van der Waals surface area contributed by atoms with Crippen molar-refractivity contribution in [2.24, 2.45) is 5.73 Å². The van der Waals surface area contributed by atoms with E-state index in [1.807, 2.05) is 0 Å². The number of nitrogens with two attached hydrogens (primary N) is 1. The zero-order valence-corrected chi connectivity index (χ0v) is 3.79. The second kappa shape index (κ2) is 2.71. The Labute approximate surface area is 39.4 Å². The van der Waals surface area contributed by atoms with Gasteiger partial charge in [0.15, 0.2) is 0 Å². The zero-order chi connectivity index (χ0) is 4.99. The van der Waals surface area contributed by atoms with E-state index in [0.29, 0.717) is 11.8 Å². The van der Waals surface area contributed by atoms with Crippen molar-refractivity contribution >= 4 is 22.5 Å². The molecular weight excluding hydrogens is 100 g/mol. The third-order valence-electron chi connectivity index (χ3n) is 0.175. The molecule has 0 atom stereocenters. The Kier molecular flexibility index (Phi) is 2.48. The van der Waals surface area contributed by atoms with Crippen LogP contribution < -0.4 is 5.73 Å². The van der Waals surface area contributed by atoms with Crippen LogP contribution in [0.15, 0.2) is 0 Å². The van der Waals surface area contributed by atoms with Crippen LogP contribution >= 0.6 is 11.8 Å². The maximum Gasteiger partial charge on any atom is 0.282 e. The van der Waals surface area contributed by atoms with E-state index in [0.717, 1.165) is 5.55 Å². The summed E-state index contributed by atoms with van der Waals surface area (Å²) >= 11 is 0.667. The first kappa shape index (κ1) is 5.49. The van der Waals surface area contributed by atoms with Crippen molar-refractivity contribution in [3.05, 3.63) is 0 Å². The number of thioether (sulfide) groups is 1. The van der Waals surface area contributed by atoms with E-state index >= 15 is 0 Å². The van der Waals surface area contributed by atoms with Gasteiger partial charge in [0, 0.05) is 0 Å². The molecular formula is C2H4N2OS. The third kappa shape index (κ3) is 3.49. The number of carbonyl (C=O) groups excluding carboxylic acids is 1. The fourth-order valence-corrected chi connectivity index (χ4v) is 0.174. The highest BCUT2D eigenvalue weighted by Crippen LogP contribution is 1.88. The van der Waals surface area contributed by atoms with Crippen molar-refractivity contribution < 1.29 is 4.79 Å². The Hall–Kier alpha value is -0.510. The fourth-order valence-electron chi connectivity index (χ4n) is 0.0581. The number of rotatable bonds is 1. The lowest BCUT2D eigenvalue weighted by molar-refractivity contribution is 0.267. The molecule has 0 aliphatic heterocycles. The Balaban J connectivity index is 3.05. The fraction of sp³-hybridized carbons (Fsp3) is 0. The van der Waals surface area contributed by atoms with Gasteiger partial charge in [-0.05, 0) is 11.8 Å². The first-order valence-electron chi connectivity index (χ1n) is 1.22. The molecule has 0 aromatic rings. The molecule has 0 aromatic carbocycles. The smallest absolute Gasteiger partial charge is 0.282 e. The Morgan fingerprint density at radius 2 is 2.50 bits per heavy atom. The lowest BCUT2D eigenvalue weighted by atomic mass is 11.5. The van der Waals surface area contributed by atoms with Crippen LogP contribution in [0, 0.1) is 5.41 Å². The highest BCUT2D eigenvalue weighted by Gasteiger charge is 1.82. The summed E-state index contributed by atoms with van der Waals surface area (Å²) in [6.45, 7) is 0. The minimum absolute atomic E-state index is 0.537. The van der Waals surface area contributed by atoms with E-state index < -0.39 is 5.24 Å². The second-order valence-electron chi connectivity index (χ2n) is 0.555. The van der Waals surface area contributed by atoms with Gasteiger partial charge in [0.1, 0.15) is 0 Å². The van der Waals surface area contributed by atoms with Crippen molar-refractivity contribution in [2.45, 2.75) is 0 Å². The molecule has 0 aromatic heterocycles. The van der Waals surface area contributed by atoms with Gasteiger partial charge in [0.05, 0.1) is 5.55 Å². The summed E-state index contributed by atoms with van der Waals surface area (Å²) in [5.74, 6) is 0. The molecule has 34 valence electrons. The van der Waals surface area contributed by atoms with E-state index in [2.05, 4.69) is 5.73 Å². The van der Waals surface area contributed by atoms with Gasteiger partial charge in [-0.3, -0.25) is 4.79 Å². The highest BCUT2D eigenvalue weighted by atomic mass is 32.2. The number of carbonyl (C=O) groups is 1. The first-order valence-corrected chi connectivity index (χ1v) is 2.10. The van der Waals surface area contributed by atoms with Crippen molar-refractivity contribution in [2.75, 3.05) is 0 Å². The quantitative estimate of drug-likeness (QED) is 0.373. The molecule has 0 unspecified atom stereocenters. The molecule has 0 saturated heterocycles. The van der Waals surface area contributed by atoms with Crippen LogP contribution in [0.4, 0.5) is 4.79 Å². The summed E-state index contributed by atoms with van der Waals surface area (Å²) in [7, 11) is 0. The highest BCUT2D eigenvalue weighted by molar-refractivity contribution is 8.24. The molecule has 4 heteroatoms. The number of hydrogen-bond donors (Lipinski definition) is 2. The van der Waals surface area contributed by atoms with Gasteiger partial charge in [-0.15, -0.1) is 0 Å². The van der Waals surface area contributed by atoms with E-state index in [-0.39, 0.29) is 0 Å². The number of amides is 1. The predicted octanol–water partition coefficient (Wildman–Crippen LogP) is 0.405. The summed E-state index contributed by atoms with van der Waals surface area (Å²) in [5, 5.41) is 5.73. The van der Waals surface area contributed by atoms with Crippen LogP contribution in [0.2, 0.25) is 0 Å². The Morgan fingerprint density at radius 1 is 2.00 bits per heavy atom. The van der Waals surface area contributed by atoms with Crippen molar-refractivity contribution in [1.29, 1.82) is 5.41 Å². The molecule has 0 heterocycles. The Morgan fingerprint density at radius 3 is 2.50 bits per heavy atom. The zero-order valence-electron chi connectivity index (χ0n) is 2.97. The van der Waals surface area contributed by atoms with Crippen LogP contribution in [0.25, 0.3) is 0 Å². The summed E-state index contributed by atoms with van der Waals surface area (Å²) < 4.78 is 0. The molecule has 6 heavy (non-hydrogen) atoms. The van der Waals surface area contributed by atoms with Crippen molar-refractivity contribution in [3.63, 3.8) is 0 Å². The van der Waals surface area contributed by atoms with Gasteiger partial charge in [-0.2, -0.15) is 0 Å². The number of hydrogen-bond acceptors (Lipinski definition) is 3. The molecule has 0 rings (SSSR count).